The minimum absolute atomic E-state index is 0.0182. The standard InChI is InChI=1S/C27H32N2O4S/c1-31-20-12-8-11-19(25(20)32-2)24(29-15-6-3-7-16-29)23-18-10-4-5-14-22(18)34-27(23)28-26(30)21-13-9-17-33-21/h8-9,11-13,17,24H,3-7,10,14-16H2,1-2H3,(H,28,30)/t24-/m0/s1. The highest BCUT2D eigenvalue weighted by Crippen LogP contribution is 2.49. The Morgan fingerprint density at radius 2 is 1.85 bits per heavy atom. The van der Waals surface area contributed by atoms with Gasteiger partial charge in [0.25, 0.3) is 5.91 Å². The summed E-state index contributed by atoms with van der Waals surface area (Å²) in [6.07, 6.45) is 9.58. The minimum atomic E-state index is -0.208. The number of nitrogens with zero attached hydrogens (tertiary/aromatic N) is 1. The number of likely N-dealkylation sites (tertiary alicyclic amines) is 1. The zero-order chi connectivity index (χ0) is 23.5. The maximum absolute atomic E-state index is 13.0. The molecule has 0 saturated carbocycles. The van der Waals surface area contributed by atoms with Crippen molar-refractivity contribution in [2.45, 2.75) is 51.0 Å². The monoisotopic (exact) mass is 480 g/mol. The first-order valence-electron chi connectivity index (χ1n) is 12.2. The number of methoxy groups -OCH3 is 2. The molecule has 3 aromatic rings. The van der Waals surface area contributed by atoms with Crippen LogP contribution in [0.3, 0.4) is 0 Å². The van der Waals surface area contributed by atoms with Crippen LogP contribution >= 0.6 is 11.3 Å². The highest BCUT2D eigenvalue weighted by atomic mass is 32.1. The molecule has 0 unspecified atom stereocenters. The molecule has 7 heteroatoms. The molecule has 1 atom stereocenters. The smallest absolute Gasteiger partial charge is 0.291 e. The Bertz CT molecular complexity index is 1130. The van der Waals surface area contributed by atoms with Gasteiger partial charge in [0.2, 0.25) is 0 Å². The first-order chi connectivity index (χ1) is 16.7. The lowest BCUT2D eigenvalue weighted by molar-refractivity contribution is 0.0996. The van der Waals surface area contributed by atoms with Gasteiger partial charge < -0.3 is 19.2 Å². The average Bonchev–Trinajstić information content (AvgIpc) is 3.54. The lowest BCUT2D eigenvalue weighted by Crippen LogP contribution is -2.35. The van der Waals surface area contributed by atoms with Gasteiger partial charge >= 0.3 is 0 Å². The van der Waals surface area contributed by atoms with Gasteiger partial charge in [0.15, 0.2) is 17.3 Å². The van der Waals surface area contributed by atoms with E-state index in [0.717, 1.165) is 48.0 Å². The zero-order valence-corrected chi connectivity index (χ0v) is 20.7. The van der Waals surface area contributed by atoms with Crippen LogP contribution in [0.4, 0.5) is 5.00 Å². The van der Waals surface area contributed by atoms with Crippen molar-refractivity contribution in [1.29, 1.82) is 0 Å². The van der Waals surface area contributed by atoms with Gasteiger partial charge in [-0.1, -0.05) is 18.6 Å². The van der Waals surface area contributed by atoms with Crippen LogP contribution in [0.25, 0.3) is 0 Å². The number of anilines is 1. The maximum atomic E-state index is 13.0. The number of ether oxygens (including phenoxy) is 2. The van der Waals surface area contributed by atoms with Crippen molar-refractivity contribution in [3.63, 3.8) is 0 Å². The minimum Gasteiger partial charge on any atom is -0.493 e. The molecule has 1 aliphatic heterocycles. The van der Waals surface area contributed by atoms with E-state index in [0.29, 0.717) is 5.76 Å². The fraction of sp³-hybridized carbons (Fsp3) is 0.444. The number of carbonyl (C=O) groups excluding carboxylic acids is 1. The maximum Gasteiger partial charge on any atom is 0.291 e. The van der Waals surface area contributed by atoms with Crippen molar-refractivity contribution in [2.75, 3.05) is 32.6 Å². The van der Waals surface area contributed by atoms with Crippen LogP contribution < -0.4 is 14.8 Å². The summed E-state index contributed by atoms with van der Waals surface area (Å²) in [5.74, 6) is 1.61. The topological polar surface area (TPSA) is 63.9 Å². The molecule has 0 bridgehead atoms. The number of carbonyl (C=O) groups is 1. The molecule has 1 N–H and O–H groups in total. The van der Waals surface area contributed by atoms with Crippen molar-refractivity contribution in [3.8, 4) is 11.5 Å². The summed E-state index contributed by atoms with van der Waals surface area (Å²) in [7, 11) is 3.39. The number of hydrogen-bond donors (Lipinski definition) is 1. The summed E-state index contributed by atoms with van der Waals surface area (Å²) < 4.78 is 17.0. The van der Waals surface area contributed by atoms with Gasteiger partial charge in [0.05, 0.1) is 26.5 Å². The van der Waals surface area contributed by atoms with Crippen LogP contribution in [-0.4, -0.2) is 38.1 Å². The van der Waals surface area contributed by atoms with Crippen molar-refractivity contribution < 1.29 is 18.7 Å². The Morgan fingerprint density at radius 1 is 1.03 bits per heavy atom. The molecule has 2 aromatic heterocycles. The molecule has 1 aliphatic carbocycles. The van der Waals surface area contributed by atoms with Gasteiger partial charge in [0.1, 0.15) is 5.00 Å². The third-order valence-electron chi connectivity index (χ3n) is 6.94. The fourth-order valence-electron chi connectivity index (χ4n) is 5.38. The number of piperidine rings is 1. The number of thiophene rings is 1. The van der Waals surface area contributed by atoms with E-state index < -0.39 is 0 Å². The summed E-state index contributed by atoms with van der Waals surface area (Å²) in [5, 5.41) is 4.14. The second-order valence-corrected chi connectivity index (χ2v) is 10.1. The second-order valence-electron chi connectivity index (χ2n) is 8.97. The number of fused-ring (bicyclic) bond motifs is 1. The third kappa shape index (κ3) is 4.34. The molecule has 1 amide bonds. The third-order valence-corrected chi connectivity index (χ3v) is 8.16. The predicted octanol–water partition coefficient (Wildman–Crippen LogP) is 6.06. The van der Waals surface area contributed by atoms with Gasteiger partial charge in [-0.15, -0.1) is 11.3 Å². The van der Waals surface area contributed by atoms with Gasteiger partial charge in [-0.3, -0.25) is 9.69 Å². The number of aryl methyl sites for hydroxylation is 1. The molecule has 6 nitrogen and oxygen atoms in total. The van der Waals surface area contributed by atoms with E-state index in [-0.39, 0.29) is 11.9 Å². The van der Waals surface area contributed by atoms with E-state index in [1.165, 1.54) is 54.4 Å². The summed E-state index contributed by atoms with van der Waals surface area (Å²) >= 11 is 1.73. The summed E-state index contributed by atoms with van der Waals surface area (Å²) in [5.41, 5.74) is 3.70. The molecule has 0 radical (unpaired) electrons. The van der Waals surface area contributed by atoms with E-state index >= 15 is 0 Å². The number of rotatable bonds is 7. The Labute approximate surface area is 204 Å². The number of amides is 1. The normalized spacial score (nSPS) is 17.1. The Morgan fingerprint density at radius 3 is 2.59 bits per heavy atom. The van der Waals surface area contributed by atoms with E-state index in [2.05, 4.69) is 16.3 Å². The molecular formula is C27H32N2O4S. The summed E-state index contributed by atoms with van der Waals surface area (Å²) in [6, 6.07) is 9.55. The zero-order valence-electron chi connectivity index (χ0n) is 19.9. The molecule has 2 aliphatic rings. The molecule has 1 fully saturated rings. The Kier molecular flexibility index (Phi) is 6.92. The lowest BCUT2D eigenvalue weighted by Gasteiger charge is -2.37. The number of benzene rings is 1. The van der Waals surface area contributed by atoms with Crippen LogP contribution in [0, 0.1) is 0 Å². The van der Waals surface area contributed by atoms with E-state index in [1.54, 1.807) is 37.7 Å². The highest BCUT2D eigenvalue weighted by Gasteiger charge is 2.35. The quantitative estimate of drug-likeness (QED) is 0.445. The van der Waals surface area contributed by atoms with Crippen LogP contribution in [-0.2, 0) is 12.8 Å². The average molecular weight is 481 g/mol. The molecule has 0 spiro atoms. The Hall–Kier alpha value is -2.77. The number of furan rings is 1. The predicted molar refractivity (Wildman–Crippen MR) is 134 cm³/mol. The SMILES string of the molecule is COc1cccc([C@@H](c2c(NC(=O)c3ccco3)sc3c2CCCC3)N2CCCCC2)c1OC. The van der Waals surface area contributed by atoms with Gasteiger partial charge in [-0.2, -0.15) is 0 Å². The summed E-state index contributed by atoms with van der Waals surface area (Å²) in [6.45, 7) is 2.03. The van der Waals surface area contributed by atoms with Crippen LogP contribution in [0.1, 0.15) is 70.3 Å². The largest absolute Gasteiger partial charge is 0.493 e. The fourth-order valence-corrected chi connectivity index (χ4v) is 6.70. The van der Waals surface area contributed by atoms with Crippen molar-refractivity contribution in [3.05, 3.63) is 63.9 Å². The molecule has 180 valence electrons. The molecule has 1 saturated heterocycles. The van der Waals surface area contributed by atoms with Gasteiger partial charge in [0, 0.05) is 16.0 Å². The summed E-state index contributed by atoms with van der Waals surface area (Å²) in [4.78, 5) is 17.0. The van der Waals surface area contributed by atoms with Crippen molar-refractivity contribution in [1.82, 2.24) is 4.90 Å². The van der Waals surface area contributed by atoms with Gasteiger partial charge in [-0.05, 0) is 75.4 Å². The van der Waals surface area contributed by atoms with Gasteiger partial charge in [-0.25, -0.2) is 0 Å². The molecule has 3 heterocycles. The van der Waals surface area contributed by atoms with Crippen molar-refractivity contribution >= 4 is 22.2 Å². The second kappa shape index (κ2) is 10.2. The van der Waals surface area contributed by atoms with Crippen LogP contribution in [0.2, 0.25) is 0 Å². The van der Waals surface area contributed by atoms with E-state index in [1.807, 2.05) is 12.1 Å². The first kappa shape index (κ1) is 23.0. The number of nitrogens with one attached hydrogen (secondary N) is 1. The van der Waals surface area contributed by atoms with Crippen LogP contribution in [0.5, 0.6) is 11.5 Å². The highest BCUT2D eigenvalue weighted by molar-refractivity contribution is 7.16. The van der Waals surface area contributed by atoms with Crippen molar-refractivity contribution in [2.24, 2.45) is 0 Å². The molecule has 34 heavy (non-hydrogen) atoms. The first-order valence-corrected chi connectivity index (χ1v) is 13.0. The lowest BCUT2D eigenvalue weighted by atomic mass is 9.87. The van der Waals surface area contributed by atoms with E-state index in [4.69, 9.17) is 13.9 Å². The molecule has 1 aromatic carbocycles. The number of para-hydroxylation sites is 1. The molecular weight excluding hydrogens is 448 g/mol. The number of hydrogen-bond acceptors (Lipinski definition) is 6. The Balaban J connectivity index is 1.67. The van der Waals surface area contributed by atoms with Crippen LogP contribution in [0.15, 0.2) is 41.0 Å². The molecule has 5 rings (SSSR count). The van der Waals surface area contributed by atoms with E-state index in [9.17, 15) is 4.79 Å².